The first-order chi connectivity index (χ1) is 6.86. The number of carbonyl (C=O) groups excluding carboxylic acids is 1. The zero-order valence-electron chi connectivity index (χ0n) is 9.63. The van der Waals surface area contributed by atoms with Gasteiger partial charge in [-0.15, -0.1) is 0 Å². The van der Waals surface area contributed by atoms with Gasteiger partial charge in [-0.3, -0.25) is 4.79 Å². The number of hydrogen-bond acceptors (Lipinski definition) is 1. The van der Waals surface area contributed by atoms with Crippen LogP contribution in [0.2, 0.25) is 0 Å². The van der Waals surface area contributed by atoms with Crippen molar-refractivity contribution in [2.45, 2.75) is 40.5 Å². The molecule has 78 valence electrons. The largest absolute Gasteiger partial charge is 0.299 e. The molecule has 14 heavy (non-hydrogen) atoms. The van der Waals surface area contributed by atoms with Crippen LogP contribution in [0, 0.1) is 0 Å². The Kier molecular flexibility index (Phi) is 6.73. The molecule has 1 aromatic rings. The third-order valence-electron chi connectivity index (χ3n) is 1.89. The molecule has 0 spiro atoms. The fraction of sp³-hybridized carbons (Fsp3) is 0.462. The minimum atomic E-state index is 0.348. The van der Waals surface area contributed by atoms with E-state index < -0.39 is 0 Å². The van der Waals surface area contributed by atoms with Gasteiger partial charge in [-0.05, 0) is 11.1 Å². The van der Waals surface area contributed by atoms with E-state index >= 15 is 0 Å². The molecular formula is C13H20O. The molecule has 1 aromatic carbocycles. The number of hydrogen-bond donors (Lipinski definition) is 0. The van der Waals surface area contributed by atoms with Crippen molar-refractivity contribution in [2.75, 3.05) is 0 Å². The second kappa shape index (κ2) is 7.31. The summed E-state index contributed by atoms with van der Waals surface area (Å²) in [5.41, 5.74) is 2.43. The summed E-state index contributed by atoms with van der Waals surface area (Å²) in [6.07, 6.45) is 1.30. The van der Waals surface area contributed by atoms with Gasteiger partial charge in [0.05, 0.1) is 0 Å². The van der Waals surface area contributed by atoms with Gasteiger partial charge >= 0.3 is 0 Å². The molecule has 1 heteroatoms. The highest BCUT2D eigenvalue weighted by Crippen LogP contribution is 2.17. The first-order valence-electron chi connectivity index (χ1n) is 5.45. The Morgan fingerprint density at radius 2 is 1.21 bits per heavy atom. The van der Waals surface area contributed by atoms with Crippen molar-refractivity contribution >= 4 is 5.78 Å². The number of fused-ring (bicyclic) bond motifs is 1. The van der Waals surface area contributed by atoms with E-state index in [1.807, 2.05) is 52.0 Å². The monoisotopic (exact) mass is 192 g/mol. The molecule has 0 aliphatic heterocycles. The van der Waals surface area contributed by atoms with E-state index in [2.05, 4.69) is 0 Å². The molecule has 2 rings (SSSR count). The van der Waals surface area contributed by atoms with Gasteiger partial charge in [0.2, 0.25) is 0 Å². The molecule has 1 aliphatic rings. The van der Waals surface area contributed by atoms with Crippen LogP contribution in [0.15, 0.2) is 24.3 Å². The minimum Gasteiger partial charge on any atom is -0.299 e. The van der Waals surface area contributed by atoms with Crippen molar-refractivity contribution in [1.82, 2.24) is 0 Å². The molecule has 0 N–H and O–H groups in total. The van der Waals surface area contributed by atoms with Crippen molar-refractivity contribution in [3.05, 3.63) is 35.4 Å². The first kappa shape index (κ1) is 12.9. The summed E-state index contributed by atoms with van der Waals surface area (Å²) >= 11 is 0. The number of ketones is 1. The average molecular weight is 192 g/mol. The van der Waals surface area contributed by atoms with Crippen LogP contribution in [0.3, 0.4) is 0 Å². The van der Waals surface area contributed by atoms with Crippen LogP contribution in [0.4, 0.5) is 0 Å². The zero-order valence-corrected chi connectivity index (χ0v) is 9.63. The quantitative estimate of drug-likeness (QED) is 0.615. The van der Waals surface area contributed by atoms with Gasteiger partial charge in [-0.2, -0.15) is 0 Å². The Morgan fingerprint density at radius 1 is 0.857 bits per heavy atom. The predicted octanol–water partition coefficient (Wildman–Crippen LogP) is 3.41. The summed E-state index contributed by atoms with van der Waals surface area (Å²) in [6.45, 7) is 8.00. The zero-order chi connectivity index (χ0) is 11.0. The van der Waals surface area contributed by atoms with E-state index in [4.69, 9.17) is 0 Å². The summed E-state index contributed by atoms with van der Waals surface area (Å²) in [7, 11) is 0. The molecule has 0 amide bonds. The summed E-state index contributed by atoms with van der Waals surface area (Å²) in [5.74, 6) is 0.348. The van der Waals surface area contributed by atoms with Crippen molar-refractivity contribution in [3.8, 4) is 0 Å². The molecule has 0 bridgehead atoms. The van der Waals surface area contributed by atoms with Crippen molar-refractivity contribution < 1.29 is 4.79 Å². The van der Waals surface area contributed by atoms with Gasteiger partial charge in [-0.1, -0.05) is 52.0 Å². The van der Waals surface area contributed by atoms with Crippen LogP contribution in [0.5, 0.6) is 0 Å². The Labute approximate surface area is 87.2 Å². The highest BCUT2D eigenvalue weighted by Gasteiger charge is 2.16. The smallest absolute Gasteiger partial charge is 0.141 e. The van der Waals surface area contributed by atoms with E-state index in [1.165, 1.54) is 11.1 Å². The molecule has 0 aromatic heterocycles. The van der Waals surface area contributed by atoms with Gasteiger partial charge in [0.25, 0.3) is 0 Å². The summed E-state index contributed by atoms with van der Waals surface area (Å²) in [6, 6.07) is 8.02. The molecular weight excluding hydrogens is 172 g/mol. The number of Topliss-reactive ketones (excluding diaryl/α,β-unsaturated/α-hetero) is 1. The van der Waals surface area contributed by atoms with Crippen LogP contribution < -0.4 is 0 Å². The molecule has 1 aliphatic carbocycles. The van der Waals surface area contributed by atoms with Crippen LogP contribution in [-0.4, -0.2) is 5.78 Å². The van der Waals surface area contributed by atoms with E-state index in [-0.39, 0.29) is 0 Å². The van der Waals surface area contributed by atoms with Crippen LogP contribution in [0.1, 0.15) is 38.8 Å². The van der Waals surface area contributed by atoms with Crippen molar-refractivity contribution in [1.29, 1.82) is 0 Å². The molecule has 0 radical (unpaired) electrons. The third-order valence-corrected chi connectivity index (χ3v) is 1.89. The molecule has 0 saturated heterocycles. The van der Waals surface area contributed by atoms with Gasteiger partial charge in [0.1, 0.15) is 5.78 Å². The molecule has 0 heterocycles. The highest BCUT2D eigenvalue weighted by atomic mass is 16.1. The topological polar surface area (TPSA) is 17.1 Å². The molecule has 0 unspecified atom stereocenters. The summed E-state index contributed by atoms with van der Waals surface area (Å²) in [5, 5.41) is 0. The summed E-state index contributed by atoms with van der Waals surface area (Å²) < 4.78 is 0. The fourth-order valence-corrected chi connectivity index (χ4v) is 1.39. The van der Waals surface area contributed by atoms with E-state index in [0.717, 1.165) is 0 Å². The van der Waals surface area contributed by atoms with E-state index in [1.54, 1.807) is 0 Å². The predicted molar refractivity (Wildman–Crippen MR) is 61.6 cm³/mol. The van der Waals surface area contributed by atoms with Gasteiger partial charge < -0.3 is 0 Å². The van der Waals surface area contributed by atoms with Gasteiger partial charge in [0.15, 0.2) is 0 Å². The lowest BCUT2D eigenvalue weighted by atomic mass is 10.1. The lowest BCUT2D eigenvalue weighted by Gasteiger charge is -1.91. The molecule has 0 fully saturated rings. The maximum atomic E-state index is 10.9. The Hall–Kier alpha value is -1.11. The molecule has 0 saturated carbocycles. The second-order valence-electron chi connectivity index (χ2n) is 2.66. The van der Waals surface area contributed by atoms with Gasteiger partial charge in [0, 0.05) is 12.8 Å². The lowest BCUT2D eigenvalue weighted by molar-refractivity contribution is -0.117. The Morgan fingerprint density at radius 3 is 1.57 bits per heavy atom. The number of benzene rings is 1. The fourth-order valence-electron chi connectivity index (χ4n) is 1.39. The summed E-state index contributed by atoms with van der Waals surface area (Å²) in [4.78, 5) is 10.9. The minimum absolute atomic E-state index is 0.348. The van der Waals surface area contributed by atoms with Crippen molar-refractivity contribution in [3.63, 3.8) is 0 Å². The van der Waals surface area contributed by atoms with Crippen LogP contribution in [-0.2, 0) is 17.6 Å². The standard InChI is InChI=1S/C9H8O.2C2H6/c10-9-5-7-3-1-2-4-8(7)6-9;2*1-2/h1-4H,5-6H2;2*1-2H3. The van der Waals surface area contributed by atoms with Crippen LogP contribution in [0.25, 0.3) is 0 Å². The second-order valence-corrected chi connectivity index (χ2v) is 2.66. The number of carbonyl (C=O) groups is 1. The number of rotatable bonds is 0. The van der Waals surface area contributed by atoms with Gasteiger partial charge in [-0.25, -0.2) is 0 Å². The van der Waals surface area contributed by atoms with E-state index in [0.29, 0.717) is 18.6 Å². The van der Waals surface area contributed by atoms with E-state index in [9.17, 15) is 4.79 Å². The average Bonchev–Trinajstić information content (AvgIpc) is 2.64. The molecule has 1 nitrogen and oxygen atoms in total. The molecule has 0 atom stereocenters. The third kappa shape index (κ3) is 3.33. The van der Waals surface area contributed by atoms with Crippen molar-refractivity contribution in [2.24, 2.45) is 0 Å². The lowest BCUT2D eigenvalue weighted by Crippen LogP contribution is -1.92. The Balaban J connectivity index is 0.000000379. The van der Waals surface area contributed by atoms with Crippen LogP contribution >= 0.6 is 0 Å². The SMILES string of the molecule is CC.CC.O=C1Cc2ccccc2C1. The maximum absolute atomic E-state index is 10.9. The Bertz CT molecular complexity index is 249. The maximum Gasteiger partial charge on any atom is 0.141 e. The normalized spacial score (nSPS) is 11.9. The highest BCUT2D eigenvalue weighted by molar-refractivity contribution is 5.87. The first-order valence-corrected chi connectivity index (χ1v) is 5.45.